The van der Waals surface area contributed by atoms with E-state index in [1.807, 2.05) is 0 Å². The summed E-state index contributed by atoms with van der Waals surface area (Å²) < 4.78 is 6.24. The van der Waals surface area contributed by atoms with Gasteiger partial charge in [-0.05, 0) is 6.07 Å². The highest BCUT2D eigenvalue weighted by atomic mass is 16.5. The second kappa shape index (κ2) is 5.34. The standard InChI is InChI=1S/C11H14N6O2/c1-17-6-15-10(16-17)5-14-9-3-7(11(18)19-2)8(12)4-13-9/h3-4,6H,5,12H2,1-2H3,(H,13,14). The van der Waals surface area contributed by atoms with E-state index in [1.54, 1.807) is 18.1 Å². The number of pyridine rings is 1. The molecule has 0 bridgehead atoms. The topological polar surface area (TPSA) is 108 Å². The molecule has 0 saturated heterocycles. The van der Waals surface area contributed by atoms with Gasteiger partial charge < -0.3 is 15.8 Å². The summed E-state index contributed by atoms with van der Waals surface area (Å²) >= 11 is 0. The normalized spacial score (nSPS) is 10.2. The van der Waals surface area contributed by atoms with Crippen molar-refractivity contribution in [3.8, 4) is 0 Å². The predicted octanol–water partition coefficient (Wildman–Crippen LogP) is 0.191. The number of nitrogen functional groups attached to an aromatic ring is 1. The minimum absolute atomic E-state index is 0.272. The van der Waals surface area contributed by atoms with Crippen molar-refractivity contribution in [2.75, 3.05) is 18.2 Å². The van der Waals surface area contributed by atoms with Gasteiger partial charge in [-0.15, -0.1) is 0 Å². The molecule has 100 valence electrons. The van der Waals surface area contributed by atoms with Crippen molar-refractivity contribution in [3.05, 3.63) is 30.0 Å². The Morgan fingerprint density at radius 3 is 2.95 bits per heavy atom. The van der Waals surface area contributed by atoms with Gasteiger partial charge in [0.15, 0.2) is 5.82 Å². The van der Waals surface area contributed by atoms with Crippen LogP contribution in [0, 0.1) is 0 Å². The molecule has 2 rings (SSSR count). The number of carbonyl (C=O) groups is 1. The predicted molar refractivity (Wildman–Crippen MR) is 68.3 cm³/mol. The molecule has 0 aliphatic heterocycles. The average Bonchev–Trinajstić information content (AvgIpc) is 2.83. The van der Waals surface area contributed by atoms with Gasteiger partial charge >= 0.3 is 5.97 Å². The third kappa shape index (κ3) is 2.97. The number of anilines is 2. The summed E-state index contributed by atoms with van der Waals surface area (Å²) in [5.74, 6) is 0.627. The summed E-state index contributed by atoms with van der Waals surface area (Å²) in [4.78, 5) is 19.6. The van der Waals surface area contributed by atoms with E-state index in [1.165, 1.54) is 19.4 Å². The van der Waals surface area contributed by atoms with Gasteiger partial charge in [-0.25, -0.2) is 14.8 Å². The molecular formula is C11H14N6O2. The van der Waals surface area contributed by atoms with Gasteiger partial charge in [-0.3, -0.25) is 4.68 Å². The zero-order chi connectivity index (χ0) is 13.8. The third-order valence-electron chi connectivity index (χ3n) is 2.41. The van der Waals surface area contributed by atoms with E-state index >= 15 is 0 Å². The van der Waals surface area contributed by atoms with Crippen LogP contribution >= 0.6 is 0 Å². The quantitative estimate of drug-likeness (QED) is 0.757. The zero-order valence-electron chi connectivity index (χ0n) is 10.6. The maximum Gasteiger partial charge on any atom is 0.340 e. The summed E-state index contributed by atoms with van der Waals surface area (Å²) in [6.45, 7) is 0.401. The Morgan fingerprint density at radius 1 is 1.53 bits per heavy atom. The number of nitrogens with one attached hydrogen (secondary N) is 1. The van der Waals surface area contributed by atoms with Gasteiger partial charge in [0.05, 0.1) is 31.1 Å². The molecule has 0 spiro atoms. The van der Waals surface area contributed by atoms with Crippen molar-refractivity contribution < 1.29 is 9.53 Å². The molecule has 3 N–H and O–H groups in total. The third-order valence-corrected chi connectivity index (χ3v) is 2.41. The zero-order valence-corrected chi connectivity index (χ0v) is 10.6. The van der Waals surface area contributed by atoms with Crippen LogP contribution in [0.15, 0.2) is 18.6 Å². The van der Waals surface area contributed by atoms with Crippen LogP contribution in [-0.2, 0) is 18.3 Å². The van der Waals surface area contributed by atoms with E-state index in [9.17, 15) is 4.79 Å². The number of hydrogen-bond donors (Lipinski definition) is 2. The molecule has 0 saturated carbocycles. The van der Waals surface area contributed by atoms with Crippen molar-refractivity contribution >= 4 is 17.5 Å². The molecule has 0 radical (unpaired) electrons. The summed E-state index contributed by atoms with van der Waals surface area (Å²) in [7, 11) is 3.08. The number of nitrogens with zero attached hydrogens (tertiary/aromatic N) is 4. The van der Waals surface area contributed by atoms with Gasteiger partial charge in [0.25, 0.3) is 0 Å². The smallest absolute Gasteiger partial charge is 0.340 e. The van der Waals surface area contributed by atoms with Crippen molar-refractivity contribution in [2.45, 2.75) is 6.54 Å². The van der Waals surface area contributed by atoms with Gasteiger partial charge in [-0.2, -0.15) is 5.10 Å². The van der Waals surface area contributed by atoms with E-state index in [0.29, 0.717) is 18.2 Å². The van der Waals surface area contributed by atoms with Crippen molar-refractivity contribution in [1.29, 1.82) is 0 Å². The van der Waals surface area contributed by atoms with Crippen LogP contribution in [0.5, 0.6) is 0 Å². The Kier molecular flexibility index (Phi) is 3.60. The molecule has 0 aliphatic carbocycles. The summed E-state index contributed by atoms with van der Waals surface area (Å²) in [5, 5.41) is 7.12. The fourth-order valence-electron chi connectivity index (χ4n) is 1.48. The number of nitrogens with two attached hydrogens (primary N) is 1. The molecule has 8 nitrogen and oxygen atoms in total. The first-order valence-corrected chi connectivity index (χ1v) is 5.52. The highest BCUT2D eigenvalue weighted by Gasteiger charge is 2.11. The molecule has 0 unspecified atom stereocenters. The van der Waals surface area contributed by atoms with Crippen LogP contribution in [0.3, 0.4) is 0 Å². The molecule has 19 heavy (non-hydrogen) atoms. The first kappa shape index (κ1) is 12.8. The number of carbonyl (C=O) groups excluding carboxylic acids is 1. The second-order valence-electron chi connectivity index (χ2n) is 3.84. The fraction of sp³-hybridized carbons (Fsp3) is 0.273. The maximum absolute atomic E-state index is 11.5. The average molecular weight is 262 g/mol. The summed E-state index contributed by atoms with van der Waals surface area (Å²) in [6, 6.07) is 1.53. The monoisotopic (exact) mass is 262 g/mol. The van der Waals surface area contributed by atoms with E-state index in [2.05, 4.69) is 25.1 Å². The minimum atomic E-state index is -0.501. The lowest BCUT2D eigenvalue weighted by Gasteiger charge is -2.07. The van der Waals surface area contributed by atoms with E-state index in [0.717, 1.165) is 0 Å². The maximum atomic E-state index is 11.5. The number of aromatic nitrogens is 4. The minimum Gasteiger partial charge on any atom is -0.465 e. The van der Waals surface area contributed by atoms with E-state index in [-0.39, 0.29) is 11.3 Å². The lowest BCUT2D eigenvalue weighted by atomic mass is 10.2. The van der Waals surface area contributed by atoms with Gasteiger partial charge in [-0.1, -0.05) is 0 Å². The highest BCUT2D eigenvalue weighted by Crippen LogP contribution is 2.16. The number of methoxy groups -OCH3 is 1. The van der Waals surface area contributed by atoms with Gasteiger partial charge in [0.2, 0.25) is 0 Å². The number of rotatable bonds is 4. The van der Waals surface area contributed by atoms with Gasteiger partial charge in [0.1, 0.15) is 12.1 Å². The molecule has 0 amide bonds. The summed E-state index contributed by atoms with van der Waals surface area (Å²) in [6.07, 6.45) is 3.01. The Balaban J connectivity index is 2.10. The number of aryl methyl sites for hydroxylation is 1. The van der Waals surface area contributed by atoms with Gasteiger partial charge in [0, 0.05) is 7.05 Å². The Morgan fingerprint density at radius 2 is 2.32 bits per heavy atom. The van der Waals surface area contributed by atoms with Crippen LogP contribution in [0.4, 0.5) is 11.5 Å². The molecule has 2 heterocycles. The van der Waals surface area contributed by atoms with Crippen LogP contribution in [0.2, 0.25) is 0 Å². The molecule has 8 heteroatoms. The second-order valence-corrected chi connectivity index (χ2v) is 3.84. The lowest BCUT2D eigenvalue weighted by molar-refractivity contribution is 0.0602. The highest BCUT2D eigenvalue weighted by molar-refractivity contribution is 5.95. The molecule has 0 fully saturated rings. The summed E-state index contributed by atoms with van der Waals surface area (Å²) in [5.41, 5.74) is 6.20. The number of hydrogen-bond acceptors (Lipinski definition) is 7. The van der Waals surface area contributed by atoms with Crippen molar-refractivity contribution in [1.82, 2.24) is 19.7 Å². The fourth-order valence-corrected chi connectivity index (χ4v) is 1.48. The largest absolute Gasteiger partial charge is 0.465 e. The van der Waals surface area contributed by atoms with E-state index < -0.39 is 5.97 Å². The molecule has 0 aromatic carbocycles. The Labute approximate surface area is 109 Å². The van der Waals surface area contributed by atoms with Crippen LogP contribution in [0.25, 0.3) is 0 Å². The van der Waals surface area contributed by atoms with Crippen molar-refractivity contribution in [2.24, 2.45) is 7.05 Å². The molecule has 0 atom stereocenters. The molecule has 0 aliphatic rings. The lowest BCUT2D eigenvalue weighted by Crippen LogP contribution is -2.09. The Bertz CT molecular complexity index is 595. The first-order valence-electron chi connectivity index (χ1n) is 5.52. The molecular weight excluding hydrogens is 248 g/mol. The SMILES string of the molecule is COC(=O)c1cc(NCc2ncn(C)n2)ncc1N. The Hall–Kier alpha value is -2.64. The van der Waals surface area contributed by atoms with Crippen LogP contribution in [-0.4, -0.2) is 32.8 Å². The molecule has 2 aromatic rings. The number of esters is 1. The first-order chi connectivity index (χ1) is 9.10. The van der Waals surface area contributed by atoms with Crippen LogP contribution in [0.1, 0.15) is 16.2 Å². The van der Waals surface area contributed by atoms with Crippen molar-refractivity contribution in [3.63, 3.8) is 0 Å². The molecule has 2 aromatic heterocycles. The van der Waals surface area contributed by atoms with E-state index in [4.69, 9.17) is 5.73 Å². The number of ether oxygens (including phenoxy) is 1. The van der Waals surface area contributed by atoms with Crippen LogP contribution < -0.4 is 11.1 Å².